The highest BCUT2D eigenvalue weighted by atomic mass is 79.9. The molecule has 1 fully saturated rings. The summed E-state index contributed by atoms with van der Waals surface area (Å²) in [4.78, 5) is 14.4. The molecule has 1 heterocycles. The Kier molecular flexibility index (Phi) is 7.89. The lowest BCUT2D eigenvalue weighted by Crippen LogP contribution is -2.27. The van der Waals surface area contributed by atoms with Crippen LogP contribution in [0.15, 0.2) is 45.8 Å². The summed E-state index contributed by atoms with van der Waals surface area (Å²) < 4.78 is 51.5. The van der Waals surface area contributed by atoms with Crippen LogP contribution < -0.4 is 14.4 Å². The number of carbonyl (C=O) groups excluding carboxylic acids is 1. The lowest BCUT2D eigenvalue weighted by Gasteiger charge is -2.16. The number of hydrogen-bond acceptors (Lipinski definition) is 5. The Labute approximate surface area is 201 Å². The molecule has 0 N–H and O–H groups in total. The van der Waals surface area contributed by atoms with Crippen molar-refractivity contribution in [3.05, 3.63) is 56.9 Å². The van der Waals surface area contributed by atoms with Crippen LogP contribution in [0, 0.1) is 0 Å². The molecule has 3 rings (SSSR count). The number of nitrogens with zero attached hydrogens (tertiary/aromatic N) is 1. The van der Waals surface area contributed by atoms with E-state index in [1.165, 1.54) is 12.1 Å². The molecule has 10 heteroatoms. The number of thiocarbonyl (C=S) groups is 1. The van der Waals surface area contributed by atoms with Gasteiger partial charge in [0.2, 0.25) is 0 Å². The van der Waals surface area contributed by atoms with E-state index in [1.807, 2.05) is 13.8 Å². The highest BCUT2D eigenvalue weighted by Gasteiger charge is 2.36. The minimum absolute atomic E-state index is 0.0743. The number of thioether (sulfide) groups is 1. The first kappa shape index (κ1) is 24.6. The molecule has 0 unspecified atom stereocenters. The second kappa shape index (κ2) is 10.3. The number of benzene rings is 2. The van der Waals surface area contributed by atoms with E-state index < -0.39 is 17.6 Å². The van der Waals surface area contributed by atoms with Crippen LogP contribution in [0.3, 0.4) is 0 Å². The zero-order valence-corrected chi connectivity index (χ0v) is 20.4. The molecule has 0 saturated carbocycles. The molecule has 1 aliphatic heterocycles. The van der Waals surface area contributed by atoms with Crippen LogP contribution in [-0.4, -0.2) is 23.4 Å². The van der Waals surface area contributed by atoms with Crippen LogP contribution in [-0.2, 0) is 11.0 Å². The minimum Gasteiger partial charge on any atom is -0.490 e. The van der Waals surface area contributed by atoms with Crippen molar-refractivity contribution in [1.82, 2.24) is 0 Å². The van der Waals surface area contributed by atoms with E-state index in [4.69, 9.17) is 21.7 Å². The van der Waals surface area contributed by atoms with Gasteiger partial charge in [0.15, 0.2) is 15.8 Å². The molecule has 0 spiro atoms. The Bertz CT molecular complexity index is 1070. The Morgan fingerprint density at radius 2 is 1.94 bits per heavy atom. The molecule has 1 saturated heterocycles. The zero-order chi connectivity index (χ0) is 23.5. The molecule has 0 atom stereocenters. The summed E-state index contributed by atoms with van der Waals surface area (Å²) in [7, 11) is 0. The van der Waals surface area contributed by atoms with Crippen molar-refractivity contribution >= 4 is 61.9 Å². The lowest BCUT2D eigenvalue weighted by atomic mass is 10.1. The topological polar surface area (TPSA) is 38.8 Å². The van der Waals surface area contributed by atoms with E-state index in [0.717, 1.165) is 35.2 Å². The second-order valence-electron chi connectivity index (χ2n) is 6.68. The Morgan fingerprint density at radius 3 is 2.59 bits per heavy atom. The largest absolute Gasteiger partial charge is 0.490 e. The smallest absolute Gasteiger partial charge is 0.416 e. The van der Waals surface area contributed by atoms with Gasteiger partial charge >= 0.3 is 6.18 Å². The highest BCUT2D eigenvalue weighted by molar-refractivity contribution is 9.10. The molecular weight excluding hydrogens is 527 g/mol. The number of amides is 1. The predicted molar refractivity (Wildman–Crippen MR) is 128 cm³/mol. The highest BCUT2D eigenvalue weighted by Crippen LogP contribution is 2.41. The molecule has 4 nitrogen and oxygen atoms in total. The number of hydrogen-bond donors (Lipinski definition) is 0. The van der Waals surface area contributed by atoms with Crippen LogP contribution in [0.4, 0.5) is 18.9 Å². The van der Waals surface area contributed by atoms with E-state index in [-0.39, 0.29) is 10.0 Å². The van der Waals surface area contributed by atoms with Crippen molar-refractivity contribution in [2.24, 2.45) is 0 Å². The van der Waals surface area contributed by atoms with Crippen molar-refractivity contribution in [3.63, 3.8) is 0 Å². The summed E-state index contributed by atoms with van der Waals surface area (Å²) in [5.74, 6) is 0.608. The third-order valence-electron chi connectivity index (χ3n) is 4.31. The summed E-state index contributed by atoms with van der Waals surface area (Å²) in [6, 6.07) is 8.07. The second-order valence-corrected chi connectivity index (χ2v) is 9.21. The summed E-state index contributed by atoms with van der Waals surface area (Å²) >= 11 is 9.79. The summed E-state index contributed by atoms with van der Waals surface area (Å²) in [6.07, 6.45) is -2.06. The van der Waals surface area contributed by atoms with Gasteiger partial charge in [-0.1, -0.05) is 37.0 Å². The van der Waals surface area contributed by atoms with Crippen LogP contribution in [0.5, 0.6) is 11.5 Å². The molecule has 0 radical (unpaired) electrons. The number of alkyl halides is 3. The Hall–Kier alpha value is -2.04. The van der Waals surface area contributed by atoms with Gasteiger partial charge in [-0.15, -0.1) is 0 Å². The van der Waals surface area contributed by atoms with Crippen LogP contribution in [0.1, 0.15) is 31.4 Å². The average Bonchev–Trinajstić information content (AvgIpc) is 3.00. The van der Waals surface area contributed by atoms with Crippen LogP contribution in [0.2, 0.25) is 0 Å². The minimum atomic E-state index is -4.52. The predicted octanol–water partition coefficient (Wildman–Crippen LogP) is 7.06. The quantitative estimate of drug-likeness (QED) is 0.275. The fourth-order valence-electron chi connectivity index (χ4n) is 2.94. The first-order valence-electron chi connectivity index (χ1n) is 9.70. The van der Waals surface area contributed by atoms with Gasteiger partial charge in [-0.2, -0.15) is 13.2 Å². The van der Waals surface area contributed by atoms with E-state index in [2.05, 4.69) is 15.9 Å². The summed E-state index contributed by atoms with van der Waals surface area (Å²) in [6.45, 7) is 4.79. The molecule has 0 aromatic heterocycles. The monoisotopic (exact) mass is 545 g/mol. The first-order valence-corrected chi connectivity index (χ1v) is 11.7. The van der Waals surface area contributed by atoms with Gasteiger partial charge in [0.1, 0.15) is 0 Å². The standard InChI is InChI=1S/C22H19BrF3NO3S2/c1-3-8-30-19-16(23)9-13(10-17(19)29-4-2)11-18-20(28)27(21(31)32-18)15-7-5-6-14(12-15)22(24,25)26/h5-7,9-12H,3-4,8H2,1-2H3/b18-11+. The van der Waals surface area contributed by atoms with Crippen LogP contribution >= 0.6 is 39.9 Å². The Balaban J connectivity index is 1.94. The Morgan fingerprint density at radius 1 is 1.19 bits per heavy atom. The van der Waals surface area contributed by atoms with E-state index in [9.17, 15) is 18.0 Å². The number of rotatable bonds is 7. The van der Waals surface area contributed by atoms with Crippen molar-refractivity contribution in [3.8, 4) is 11.5 Å². The number of ether oxygens (including phenoxy) is 2. The molecule has 0 aliphatic carbocycles. The van der Waals surface area contributed by atoms with Gasteiger partial charge < -0.3 is 9.47 Å². The number of carbonyl (C=O) groups is 1. The van der Waals surface area contributed by atoms with E-state index in [0.29, 0.717) is 39.7 Å². The molecule has 2 aromatic carbocycles. The maximum Gasteiger partial charge on any atom is 0.416 e. The molecule has 1 aliphatic rings. The number of anilines is 1. The fourth-order valence-corrected chi connectivity index (χ4v) is 4.81. The molecule has 32 heavy (non-hydrogen) atoms. The van der Waals surface area contributed by atoms with Gasteiger partial charge in [0, 0.05) is 0 Å². The van der Waals surface area contributed by atoms with Gasteiger partial charge in [0.05, 0.1) is 33.8 Å². The van der Waals surface area contributed by atoms with Crippen molar-refractivity contribution in [2.75, 3.05) is 18.1 Å². The molecular formula is C22H19BrF3NO3S2. The molecule has 0 bridgehead atoms. The maximum absolute atomic E-state index is 13.1. The van der Waals surface area contributed by atoms with Crippen molar-refractivity contribution in [2.45, 2.75) is 26.4 Å². The fraction of sp³-hybridized carbons (Fsp3) is 0.273. The summed E-state index contributed by atoms with van der Waals surface area (Å²) in [5.41, 5.74) is -0.111. The third kappa shape index (κ3) is 5.47. The number of halogens is 4. The molecule has 2 aromatic rings. The van der Waals surface area contributed by atoms with Gasteiger partial charge in [-0.3, -0.25) is 9.69 Å². The van der Waals surface area contributed by atoms with E-state index >= 15 is 0 Å². The van der Waals surface area contributed by atoms with Crippen LogP contribution in [0.25, 0.3) is 6.08 Å². The van der Waals surface area contributed by atoms with E-state index in [1.54, 1.807) is 18.2 Å². The zero-order valence-electron chi connectivity index (χ0n) is 17.2. The molecule has 1 amide bonds. The van der Waals surface area contributed by atoms with Gasteiger partial charge in [0.25, 0.3) is 5.91 Å². The van der Waals surface area contributed by atoms with Crippen molar-refractivity contribution < 1.29 is 27.4 Å². The molecule has 170 valence electrons. The lowest BCUT2D eigenvalue weighted by molar-refractivity contribution is -0.137. The normalized spacial score (nSPS) is 15.6. The maximum atomic E-state index is 13.1. The van der Waals surface area contributed by atoms with Gasteiger partial charge in [-0.05, 0) is 71.2 Å². The summed E-state index contributed by atoms with van der Waals surface area (Å²) in [5, 5.41) is 0. The third-order valence-corrected chi connectivity index (χ3v) is 6.20. The first-order chi connectivity index (χ1) is 15.2. The van der Waals surface area contributed by atoms with Gasteiger partial charge in [-0.25, -0.2) is 0 Å². The van der Waals surface area contributed by atoms with Crippen molar-refractivity contribution in [1.29, 1.82) is 0 Å². The SMILES string of the molecule is CCCOc1c(Br)cc(/C=C2/SC(=S)N(c3cccc(C(F)(F)F)c3)C2=O)cc1OCC. The average molecular weight is 546 g/mol.